The molecule has 1 aromatic carbocycles. The van der Waals surface area contributed by atoms with E-state index in [4.69, 9.17) is 0 Å². The molecule has 1 heterocycles. The van der Waals surface area contributed by atoms with Crippen molar-refractivity contribution in [1.82, 2.24) is 0 Å². The van der Waals surface area contributed by atoms with Gasteiger partial charge in [0.25, 0.3) is 0 Å². The molecule has 3 rings (SSSR count). The average Bonchev–Trinajstić information content (AvgIpc) is 2.98. The molecule has 1 aliphatic carbocycles. The van der Waals surface area contributed by atoms with Crippen LogP contribution in [0, 0.1) is 6.92 Å². The Morgan fingerprint density at radius 3 is 2.50 bits per heavy atom. The molecule has 1 nitrogen and oxygen atoms in total. The number of aryl methyl sites for hydroxylation is 1. The van der Waals surface area contributed by atoms with E-state index in [0.29, 0.717) is 5.78 Å². The van der Waals surface area contributed by atoms with Gasteiger partial charge in [-0.15, -0.1) is 0 Å². The van der Waals surface area contributed by atoms with Crippen LogP contribution in [-0.4, -0.2) is 5.78 Å². The van der Waals surface area contributed by atoms with Crippen LogP contribution in [0.5, 0.6) is 0 Å². The van der Waals surface area contributed by atoms with Gasteiger partial charge in [-0.3, -0.25) is 4.79 Å². The van der Waals surface area contributed by atoms with E-state index in [2.05, 4.69) is 37.3 Å². The minimum Gasteiger partial charge on any atom is -0.295 e. The zero-order valence-corrected chi connectivity index (χ0v) is 11.9. The highest BCUT2D eigenvalue weighted by Crippen LogP contribution is 2.51. The van der Waals surface area contributed by atoms with Crippen LogP contribution in [0.4, 0.5) is 0 Å². The summed E-state index contributed by atoms with van der Waals surface area (Å²) in [6.45, 7) is 2.10. The Balaban J connectivity index is 1.92. The van der Waals surface area contributed by atoms with Crippen LogP contribution in [0.1, 0.15) is 30.4 Å². The third-order valence-corrected chi connectivity index (χ3v) is 5.77. The lowest BCUT2D eigenvalue weighted by Crippen LogP contribution is -1.92. The number of hydrogen-bond acceptors (Lipinski definition) is 3. The third-order valence-electron chi connectivity index (χ3n) is 3.28. The van der Waals surface area contributed by atoms with Crippen LogP contribution in [0.15, 0.2) is 40.8 Å². The van der Waals surface area contributed by atoms with Gasteiger partial charge in [-0.05, 0) is 31.4 Å². The summed E-state index contributed by atoms with van der Waals surface area (Å²) in [6.07, 6.45) is 4.90. The SMILES string of the molecule is Cc1ccc(C2=C/C(=C3\CCCC3=O)SS2)cc1. The molecule has 2 aliphatic rings. The molecule has 0 N–H and O–H groups in total. The molecule has 0 unspecified atom stereocenters. The van der Waals surface area contributed by atoms with E-state index in [1.54, 1.807) is 21.6 Å². The first-order valence-electron chi connectivity index (χ1n) is 6.13. The second-order valence-electron chi connectivity index (χ2n) is 4.66. The molecule has 1 aromatic rings. The topological polar surface area (TPSA) is 17.1 Å². The summed E-state index contributed by atoms with van der Waals surface area (Å²) in [4.78, 5) is 14.2. The van der Waals surface area contributed by atoms with Gasteiger partial charge in [0.2, 0.25) is 0 Å². The summed E-state index contributed by atoms with van der Waals surface area (Å²) in [6, 6.07) is 8.57. The van der Waals surface area contributed by atoms with Crippen molar-refractivity contribution in [1.29, 1.82) is 0 Å². The summed E-state index contributed by atoms with van der Waals surface area (Å²) in [5.74, 6) is 0.347. The Bertz CT molecular complexity index is 552. The van der Waals surface area contributed by atoms with E-state index in [-0.39, 0.29) is 0 Å². The van der Waals surface area contributed by atoms with Crippen molar-refractivity contribution in [3.8, 4) is 0 Å². The lowest BCUT2D eigenvalue weighted by atomic mass is 10.1. The molecule has 92 valence electrons. The molecule has 0 saturated heterocycles. The Hall–Kier alpha value is -0.930. The zero-order chi connectivity index (χ0) is 12.5. The molecular formula is C15H14OS2. The number of rotatable bonds is 1. The van der Waals surface area contributed by atoms with Crippen LogP contribution < -0.4 is 0 Å². The molecule has 0 bridgehead atoms. The first-order valence-corrected chi connectivity index (χ1v) is 8.28. The van der Waals surface area contributed by atoms with Crippen LogP contribution in [0.2, 0.25) is 0 Å². The van der Waals surface area contributed by atoms with Crippen molar-refractivity contribution in [2.45, 2.75) is 26.2 Å². The molecule has 18 heavy (non-hydrogen) atoms. The molecule has 1 saturated carbocycles. The molecular weight excluding hydrogens is 260 g/mol. The molecule has 0 spiro atoms. The number of ketones is 1. The van der Waals surface area contributed by atoms with Crippen molar-refractivity contribution in [3.63, 3.8) is 0 Å². The second kappa shape index (κ2) is 4.98. The van der Waals surface area contributed by atoms with E-state index in [9.17, 15) is 4.79 Å². The summed E-state index contributed by atoms with van der Waals surface area (Å²) in [5, 5.41) is 0. The molecule has 1 fully saturated rings. The molecule has 3 heteroatoms. The van der Waals surface area contributed by atoms with Crippen LogP contribution in [0.25, 0.3) is 4.91 Å². The number of benzene rings is 1. The molecule has 0 amide bonds. The van der Waals surface area contributed by atoms with Gasteiger partial charge in [-0.1, -0.05) is 51.4 Å². The fourth-order valence-electron chi connectivity index (χ4n) is 2.22. The number of Topliss-reactive ketones (excluding diaryl/α,β-unsaturated/α-hetero) is 1. The van der Waals surface area contributed by atoms with E-state index in [0.717, 1.165) is 24.8 Å². The number of allylic oxidation sites excluding steroid dienone is 2. The minimum atomic E-state index is 0.347. The highest BCUT2D eigenvalue weighted by molar-refractivity contribution is 8.82. The van der Waals surface area contributed by atoms with E-state index in [1.807, 2.05) is 0 Å². The third kappa shape index (κ3) is 2.29. The van der Waals surface area contributed by atoms with Gasteiger partial charge in [0, 0.05) is 21.8 Å². The highest BCUT2D eigenvalue weighted by atomic mass is 33.1. The Kier molecular flexibility index (Phi) is 3.35. The first-order chi connectivity index (χ1) is 8.74. The number of carbonyl (C=O) groups excluding carboxylic acids is 1. The zero-order valence-electron chi connectivity index (χ0n) is 10.2. The highest BCUT2D eigenvalue weighted by Gasteiger charge is 2.24. The standard InChI is InChI=1S/C15H14OS2/c1-10-5-7-11(8-6-10)14-9-15(18-17-14)12-3-2-4-13(12)16/h5-9H,2-4H2,1H3/b15-12-. The minimum absolute atomic E-state index is 0.347. The lowest BCUT2D eigenvalue weighted by Gasteiger charge is -1.99. The fourth-order valence-corrected chi connectivity index (χ4v) is 4.77. The van der Waals surface area contributed by atoms with Gasteiger partial charge < -0.3 is 0 Å². The predicted molar refractivity (Wildman–Crippen MR) is 80.2 cm³/mol. The van der Waals surface area contributed by atoms with Crippen molar-refractivity contribution < 1.29 is 4.79 Å². The maximum absolute atomic E-state index is 11.7. The largest absolute Gasteiger partial charge is 0.295 e. The van der Waals surface area contributed by atoms with Gasteiger partial charge in [0.05, 0.1) is 0 Å². The maximum Gasteiger partial charge on any atom is 0.160 e. The Morgan fingerprint density at radius 1 is 1.06 bits per heavy atom. The van der Waals surface area contributed by atoms with Gasteiger partial charge in [-0.25, -0.2) is 0 Å². The van der Waals surface area contributed by atoms with Gasteiger partial charge in [-0.2, -0.15) is 0 Å². The quantitative estimate of drug-likeness (QED) is 0.544. The number of hydrogen-bond donors (Lipinski definition) is 0. The fraction of sp³-hybridized carbons (Fsp3) is 0.267. The first kappa shape index (κ1) is 12.1. The van der Waals surface area contributed by atoms with Gasteiger partial charge >= 0.3 is 0 Å². The molecule has 1 aliphatic heterocycles. The average molecular weight is 274 g/mol. The van der Waals surface area contributed by atoms with Crippen molar-refractivity contribution in [2.24, 2.45) is 0 Å². The van der Waals surface area contributed by atoms with E-state index in [1.165, 1.54) is 20.9 Å². The van der Waals surface area contributed by atoms with Crippen LogP contribution >= 0.6 is 21.6 Å². The summed E-state index contributed by atoms with van der Waals surface area (Å²) in [5.41, 5.74) is 3.58. The van der Waals surface area contributed by atoms with Crippen molar-refractivity contribution in [2.75, 3.05) is 0 Å². The lowest BCUT2D eigenvalue weighted by molar-refractivity contribution is -0.114. The summed E-state index contributed by atoms with van der Waals surface area (Å²) >= 11 is 0. The second-order valence-corrected chi connectivity index (χ2v) is 6.87. The Labute approximate surface area is 115 Å². The number of carbonyl (C=O) groups is 1. The normalized spacial score (nSPS) is 23.6. The smallest absolute Gasteiger partial charge is 0.160 e. The summed E-state index contributed by atoms with van der Waals surface area (Å²) < 4.78 is 0. The van der Waals surface area contributed by atoms with E-state index >= 15 is 0 Å². The molecule has 0 radical (unpaired) electrons. The van der Waals surface area contributed by atoms with E-state index < -0.39 is 0 Å². The maximum atomic E-state index is 11.7. The monoisotopic (exact) mass is 274 g/mol. The summed E-state index contributed by atoms with van der Waals surface area (Å²) in [7, 11) is 3.50. The van der Waals surface area contributed by atoms with Crippen LogP contribution in [0.3, 0.4) is 0 Å². The van der Waals surface area contributed by atoms with Gasteiger partial charge in [0.15, 0.2) is 5.78 Å². The predicted octanol–water partition coefficient (Wildman–Crippen LogP) is 4.74. The van der Waals surface area contributed by atoms with Crippen molar-refractivity contribution in [3.05, 3.63) is 51.9 Å². The molecule has 0 aromatic heterocycles. The molecule has 0 atom stereocenters. The van der Waals surface area contributed by atoms with Gasteiger partial charge in [0.1, 0.15) is 0 Å². The van der Waals surface area contributed by atoms with Crippen LogP contribution in [-0.2, 0) is 4.79 Å². The Morgan fingerprint density at radius 2 is 1.83 bits per heavy atom. The van der Waals surface area contributed by atoms with Crippen molar-refractivity contribution >= 4 is 32.3 Å².